The van der Waals surface area contributed by atoms with Crippen molar-refractivity contribution in [1.82, 2.24) is 4.90 Å². The molecule has 1 heterocycles. The Morgan fingerprint density at radius 1 is 1.62 bits per heavy atom. The highest BCUT2D eigenvalue weighted by Gasteiger charge is 2.28. The molecule has 0 spiro atoms. The molecule has 13 heavy (non-hydrogen) atoms. The Labute approximate surface area is 85.5 Å². The van der Waals surface area contributed by atoms with Gasteiger partial charge in [0, 0.05) is 12.6 Å². The molecule has 0 aromatic rings. The van der Waals surface area contributed by atoms with Crippen molar-refractivity contribution in [3.63, 3.8) is 0 Å². The lowest BCUT2D eigenvalue weighted by Crippen LogP contribution is -2.37. The molecule has 1 saturated heterocycles. The van der Waals surface area contributed by atoms with Crippen LogP contribution in [0.5, 0.6) is 0 Å². The van der Waals surface area contributed by atoms with Crippen molar-refractivity contribution in [3.8, 4) is 6.07 Å². The van der Waals surface area contributed by atoms with Crippen LogP contribution in [0.4, 0.5) is 0 Å². The van der Waals surface area contributed by atoms with E-state index in [1.807, 2.05) is 0 Å². The Balaban J connectivity index is 2.45. The lowest BCUT2D eigenvalue weighted by molar-refractivity contribution is 0.212. The van der Waals surface area contributed by atoms with E-state index in [9.17, 15) is 0 Å². The highest BCUT2D eigenvalue weighted by atomic mass is 35.5. The van der Waals surface area contributed by atoms with Gasteiger partial charge in [-0.1, -0.05) is 13.8 Å². The molecular weight excluding hydrogens is 184 g/mol. The van der Waals surface area contributed by atoms with Gasteiger partial charge in [-0.2, -0.15) is 5.26 Å². The van der Waals surface area contributed by atoms with Crippen LogP contribution >= 0.6 is 11.6 Å². The Hall–Kier alpha value is -0.260. The van der Waals surface area contributed by atoms with Crippen molar-refractivity contribution in [2.24, 2.45) is 5.92 Å². The van der Waals surface area contributed by atoms with Gasteiger partial charge in [-0.05, 0) is 25.3 Å². The van der Waals surface area contributed by atoms with Crippen LogP contribution in [-0.2, 0) is 0 Å². The molecule has 0 amide bonds. The maximum Gasteiger partial charge on any atom is 0.133 e. The molecule has 2 atom stereocenters. The van der Waals surface area contributed by atoms with Crippen LogP contribution in [0.15, 0.2) is 0 Å². The third-order valence-electron chi connectivity index (χ3n) is 2.72. The molecule has 2 nitrogen and oxygen atoms in total. The van der Waals surface area contributed by atoms with E-state index in [4.69, 9.17) is 16.9 Å². The fraction of sp³-hybridized carbons (Fsp3) is 0.900. The number of halogens is 1. The van der Waals surface area contributed by atoms with E-state index in [1.54, 1.807) is 0 Å². The van der Waals surface area contributed by atoms with Crippen LogP contribution in [0.3, 0.4) is 0 Å². The number of rotatable bonds is 3. The van der Waals surface area contributed by atoms with Crippen LogP contribution in [0, 0.1) is 17.2 Å². The molecule has 0 aromatic heterocycles. The van der Waals surface area contributed by atoms with E-state index in [2.05, 4.69) is 24.8 Å². The highest BCUT2D eigenvalue weighted by molar-refractivity contribution is 6.22. The number of hydrogen-bond acceptors (Lipinski definition) is 2. The van der Waals surface area contributed by atoms with Crippen molar-refractivity contribution < 1.29 is 0 Å². The van der Waals surface area contributed by atoms with E-state index in [0.717, 1.165) is 13.1 Å². The van der Waals surface area contributed by atoms with Crippen LogP contribution in [0.1, 0.15) is 26.7 Å². The first-order valence-electron chi connectivity index (χ1n) is 4.93. The Kier molecular flexibility index (Phi) is 4.02. The standard InChI is InChI=1S/C10H17ClN2/c1-8(2)10-4-3-5-13(10)7-9(11)6-12/h8-10H,3-5,7H2,1-2H3. The minimum absolute atomic E-state index is 0.348. The molecule has 0 radical (unpaired) electrons. The normalized spacial score (nSPS) is 26.2. The minimum atomic E-state index is -0.348. The summed E-state index contributed by atoms with van der Waals surface area (Å²) < 4.78 is 0. The van der Waals surface area contributed by atoms with Gasteiger partial charge in [-0.25, -0.2) is 0 Å². The predicted octanol–water partition coefficient (Wildman–Crippen LogP) is 2.24. The Bertz CT molecular complexity index is 198. The van der Waals surface area contributed by atoms with Crippen molar-refractivity contribution >= 4 is 11.6 Å². The largest absolute Gasteiger partial charge is 0.298 e. The first-order valence-corrected chi connectivity index (χ1v) is 5.36. The summed E-state index contributed by atoms with van der Waals surface area (Å²) in [6, 6.07) is 2.71. The van der Waals surface area contributed by atoms with Gasteiger partial charge < -0.3 is 0 Å². The number of alkyl halides is 1. The van der Waals surface area contributed by atoms with Crippen LogP contribution in [0.25, 0.3) is 0 Å². The number of nitriles is 1. The summed E-state index contributed by atoms with van der Waals surface area (Å²) in [5.41, 5.74) is 0. The minimum Gasteiger partial charge on any atom is -0.298 e. The van der Waals surface area contributed by atoms with Gasteiger partial charge in [0.25, 0.3) is 0 Å². The lowest BCUT2D eigenvalue weighted by Gasteiger charge is -2.27. The van der Waals surface area contributed by atoms with Gasteiger partial charge in [0.1, 0.15) is 5.38 Å². The molecule has 0 bridgehead atoms. The topological polar surface area (TPSA) is 27.0 Å². The molecule has 1 aliphatic rings. The summed E-state index contributed by atoms with van der Waals surface area (Å²) in [6.07, 6.45) is 2.50. The number of hydrogen-bond donors (Lipinski definition) is 0. The third-order valence-corrected chi connectivity index (χ3v) is 2.95. The zero-order valence-corrected chi connectivity index (χ0v) is 9.09. The maximum absolute atomic E-state index is 8.61. The van der Waals surface area contributed by atoms with E-state index < -0.39 is 0 Å². The molecule has 0 N–H and O–H groups in total. The second kappa shape index (κ2) is 4.83. The average molecular weight is 201 g/mol. The van der Waals surface area contributed by atoms with Crippen LogP contribution < -0.4 is 0 Å². The molecule has 0 saturated carbocycles. The molecule has 3 heteroatoms. The van der Waals surface area contributed by atoms with Crippen LogP contribution in [-0.4, -0.2) is 29.4 Å². The van der Waals surface area contributed by atoms with Gasteiger partial charge in [0.05, 0.1) is 6.07 Å². The lowest BCUT2D eigenvalue weighted by atomic mass is 10.0. The Morgan fingerprint density at radius 3 is 2.85 bits per heavy atom. The quantitative estimate of drug-likeness (QED) is 0.654. The molecule has 0 aromatic carbocycles. The summed E-state index contributed by atoms with van der Waals surface area (Å²) in [5.74, 6) is 0.671. The molecule has 74 valence electrons. The van der Waals surface area contributed by atoms with Gasteiger partial charge in [-0.15, -0.1) is 11.6 Å². The van der Waals surface area contributed by atoms with Gasteiger partial charge in [0.15, 0.2) is 0 Å². The average Bonchev–Trinajstić information content (AvgIpc) is 2.52. The molecule has 0 aliphatic carbocycles. The summed E-state index contributed by atoms with van der Waals surface area (Å²) >= 11 is 5.81. The second-order valence-corrected chi connectivity index (χ2v) is 4.57. The van der Waals surface area contributed by atoms with Gasteiger partial charge >= 0.3 is 0 Å². The fourth-order valence-electron chi connectivity index (χ4n) is 2.08. The van der Waals surface area contributed by atoms with Crippen LogP contribution in [0.2, 0.25) is 0 Å². The first-order chi connectivity index (χ1) is 6.15. The van der Waals surface area contributed by atoms with E-state index in [1.165, 1.54) is 12.8 Å². The van der Waals surface area contributed by atoms with Crippen molar-refractivity contribution in [2.45, 2.75) is 38.1 Å². The monoisotopic (exact) mass is 200 g/mol. The van der Waals surface area contributed by atoms with E-state index in [-0.39, 0.29) is 5.38 Å². The molecule has 1 aliphatic heterocycles. The molecule has 2 unspecified atom stereocenters. The Morgan fingerprint density at radius 2 is 2.31 bits per heavy atom. The predicted molar refractivity (Wildman–Crippen MR) is 54.7 cm³/mol. The summed E-state index contributed by atoms with van der Waals surface area (Å²) in [5, 5.41) is 8.26. The summed E-state index contributed by atoms with van der Waals surface area (Å²) in [6.45, 7) is 6.30. The zero-order valence-electron chi connectivity index (χ0n) is 8.33. The number of nitrogens with zero attached hydrogens (tertiary/aromatic N) is 2. The molecule has 1 fully saturated rings. The third kappa shape index (κ3) is 2.86. The van der Waals surface area contributed by atoms with Gasteiger partial charge in [-0.3, -0.25) is 4.90 Å². The second-order valence-electron chi connectivity index (χ2n) is 4.05. The summed E-state index contributed by atoms with van der Waals surface area (Å²) in [4.78, 5) is 2.35. The zero-order chi connectivity index (χ0) is 9.84. The first kappa shape index (κ1) is 10.8. The fourth-order valence-corrected chi connectivity index (χ4v) is 2.26. The van der Waals surface area contributed by atoms with Crippen molar-refractivity contribution in [2.75, 3.05) is 13.1 Å². The van der Waals surface area contributed by atoms with Gasteiger partial charge in [0.2, 0.25) is 0 Å². The maximum atomic E-state index is 8.61. The van der Waals surface area contributed by atoms with Crippen molar-refractivity contribution in [3.05, 3.63) is 0 Å². The highest BCUT2D eigenvalue weighted by Crippen LogP contribution is 2.24. The van der Waals surface area contributed by atoms with Crippen molar-refractivity contribution in [1.29, 1.82) is 5.26 Å². The van der Waals surface area contributed by atoms with E-state index in [0.29, 0.717) is 12.0 Å². The SMILES string of the molecule is CC(C)C1CCCN1CC(Cl)C#N. The summed E-state index contributed by atoms with van der Waals surface area (Å²) in [7, 11) is 0. The number of likely N-dealkylation sites (tertiary alicyclic amines) is 1. The van der Waals surface area contributed by atoms with E-state index >= 15 is 0 Å². The molecular formula is C10H17ClN2. The smallest absolute Gasteiger partial charge is 0.133 e. The molecule has 1 rings (SSSR count).